The maximum atomic E-state index is 12.5. The Balaban J connectivity index is 1.79. The van der Waals surface area contributed by atoms with Crippen LogP contribution >= 0.6 is 0 Å². The van der Waals surface area contributed by atoms with Crippen LogP contribution < -0.4 is 14.4 Å². The van der Waals surface area contributed by atoms with Crippen molar-refractivity contribution in [3.8, 4) is 5.75 Å². The van der Waals surface area contributed by atoms with Crippen LogP contribution in [0.1, 0.15) is 18.4 Å². The standard InChI is InChI=1S/C16H20N4O3S/c1-12-11-13(23-2)5-6-14(12)24(21,22)19-15-7-8-16(18-17-15)20-9-3-4-10-20/h5-8,11H,3-4,9-10H2,1-2H3,(H,17,19). The van der Waals surface area contributed by atoms with Crippen molar-refractivity contribution in [2.45, 2.75) is 24.7 Å². The van der Waals surface area contributed by atoms with Gasteiger partial charge in [0.2, 0.25) is 0 Å². The molecule has 24 heavy (non-hydrogen) atoms. The highest BCUT2D eigenvalue weighted by Crippen LogP contribution is 2.23. The van der Waals surface area contributed by atoms with Crippen LogP contribution in [-0.2, 0) is 10.0 Å². The molecule has 0 radical (unpaired) electrons. The van der Waals surface area contributed by atoms with Crippen LogP contribution in [0.4, 0.5) is 11.6 Å². The Bertz CT molecular complexity index is 816. The normalized spacial score (nSPS) is 14.7. The molecule has 0 amide bonds. The van der Waals surface area contributed by atoms with Crippen molar-refractivity contribution in [3.63, 3.8) is 0 Å². The van der Waals surface area contributed by atoms with Crippen molar-refractivity contribution in [3.05, 3.63) is 35.9 Å². The smallest absolute Gasteiger partial charge is 0.263 e. The van der Waals surface area contributed by atoms with Crippen LogP contribution in [0.3, 0.4) is 0 Å². The molecule has 1 aromatic heterocycles. The van der Waals surface area contributed by atoms with E-state index in [1.54, 1.807) is 38.3 Å². The summed E-state index contributed by atoms with van der Waals surface area (Å²) in [6.45, 7) is 3.65. The molecule has 1 fully saturated rings. The van der Waals surface area contributed by atoms with Gasteiger partial charge in [0.15, 0.2) is 11.6 Å². The van der Waals surface area contributed by atoms with Gasteiger partial charge >= 0.3 is 0 Å². The molecule has 0 aliphatic carbocycles. The molecule has 8 heteroatoms. The molecule has 0 unspecified atom stereocenters. The Morgan fingerprint density at radius 2 is 1.88 bits per heavy atom. The van der Waals surface area contributed by atoms with Crippen molar-refractivity contribution in [1.29, 1.82) is 0 Å². The van der Waals surface area contributed by atoms with Gasteiger partial charge in [0.1, 0.15) is 5.75 Å². The van der Waals surface area contributed by atoms with Gasteiger partial charge in [-0.1, -0.05) is 0 Å². The van der Waals surface area contributed by atoms with E-state index in [1.807, 2.05) is 0 Å². The number of benzene rings is 1. The number of nitrogens with one attached hydrogen (secondary N) is 1. The Morgan fingerprint density at radius 1 is 1.12 bits per heavy atom. The molecule has 128 valence electrons. The number of hydrogen-bond acceptors (Lipinski definition) is 6. The van der Waals surface area contributed by atoms with Crippen molar-refractivity contribution in [2.75, 3.05) is 29.8 Å². The third kappa shape index (κ3) is 3.43. The SMILES string of the molecule is COc1ccc(S(=O)(=O)Nc2ccc(N3CCCC3)nn2)c(C)c1. The number of nitrogens with zero attached hydrogens (tertiary/aromatic N) is 3. The van der Waals surface area contributed by atoms with Gasteiger partial charge in [-0.3, -0.25) is 4.72 Å². The van der Waals surface area contributed by atoms with Gasteiger partial charge in [-0.05, 0) is 55.7 Å². The van der Waals surface area contributed by atoms with Gasteiger partial charge in [0.25, 0.3) is 10.0 Å². The van der Waals surface area contributed by atoms with E-state index < -0.39 is 10.0 Å². The van der Waals surface area contributed by atoms with Gasteiger partial charge in [0, 0.05) is 13.1 Å². The summed E-state index contributed by atoms with van der Waals surface area (Å²) >= 11 is 0. The first-order chi connectivity index (χ1) is 11.5. The zero-order valence-electron chi connectivity index (χ0n) is 13.7. The molecule has 2 aromatic rings. The fraction of sp³-hybridized carbons (Fsp3) is 0.375. The predicted octanol–water partition coefficient (Wildman–Crippen LogP) is 2.19. The summed E-state index contributed by atoms with van der Waals surface area (Å²) in [4.78, 5) is 2.33. The number of rotatable bonds is 5. The van der Waals surface area contributed by atoms with Crippen molar-refractivity contribution in [1.82, 2.24) is 10.2 Å². The van der Waals surface area contributed by atoms with E-state index in [0.717, 1.165) is 31.7 Å². The second kappa shape index (κ2) is 6.64. The molecule has 1 aromatic carbocycles. The van der Waals surface area contributed by atoms with Gasteiger partial charge in [-0.15, -0.1) is 10.2 Å². The highest BCUT2D eigenvalue weighted by molar-refractivity contribution is 7.92. The van der Waals surface area contributed by atoms with E-state index in [1.165, 1.54) is 6.07 Å². The summed E-state index contributed by atoms with van der Waals surface area (Å²) in [6, 6.07) is 8.23. The fourth-order valence-corrected chi connectivity index (χ4v) is 3.96. The number of methoxy groups -OCH3 is 1. The van der Waals surface area contributed by atoms with Gasteiger partial charge in [-0.25, -0.2) is 8.42 Å². The molecule has 7 nitrogen and oxygen atoms in total. The minimum Gasteiger partial charge on any atom is -0.497 e. The second-order valence-corrected chi connectivity index (χ2v) is 7.36. The Hall–Kier alpha value is -2.35. The first-order valence-corrected chi connectivity index (χ1v) is 9.24. The Morgan fingerprint density at radius 3 is 2.46 bits per heavy atom. The van der Waals surface area contributed by atoms with Crippen LogP contribution in [0.5, 0.6) is 5.75 Å². The highest BCUT2D eigenvalue weighted by atomic mass is 32.2. The van der Waals surface area contributed by atoms with Crippen LogP contribution in [0, 0.1) is 6.92 Å². The Labute approximate surface area is 141 Å². The molecule has 0 atom stereocenters. The Kier molecular flexibility index (Phi) is 4.57. The van der Waals surface area contributed by atoms with E-state index in [-0.39, 0.29) is 10.7 Å². The second-order valence-electron chi connectivity index (χ2n) is 5.71. The average molecular weight is 348 g/mol. The molecule has 1 aliphatic heterocycles. The number of ether oxygens (including phenoxy) is 1. The zero-order valence-corrected chi connectivity index (χ0v) is 14.5. The number of anilines is 2. The largest absolute Gasteiger partial charge is 0.497 e. The first kappa shape index (κ1) is 16.5. The lowest BCUT2D eigenvalue weighted by atomic mass is 10.2. The number of aromatic nitrogens is 2. The van der Waals surface area contributed by atoms with E-state index in [9.17, 15) is 8.42 Å². The average Bonchev–Trinajstić information content (AvgIpc) is 3.09. The summed E-state index contributed by atoms with van der Waals surface area (Å²) in [5.41, 5.74) is 0.600. The highest BCUT2D eigenvalue weighted by Gasteiger charge is 2.19. The molecule has 0 spiro atoms. The number of sulfonamides is 1. The molecule has 1 N–H and O–H groups in total. The van der Waals surface area contributed by atoms with Gasteiger partial charge in [0.05, 0.1) is 12.0 Å². The number of aryl methyl sites for hydroxylation is 1. The summed E-state index contributed by atoms with van der Waals surface area (Å²) in [6.07, 6.45) is 2.29. The molecular formula is C16H20N4O3S. The van der Waals surface area contributed by atoms with Crippen molar-refractivity contribution >= 4 is 21.7 Å². The fourth-order valence-electron chi connectivity index (χ4n) is 2.74. The lowest BCUT2D eigenvalue weighted by molar-refractivity contribution is 0.414. The molecule has 1 saturated heterocycles. The quantitative estimate of drug-likeness (QED) is 0.892. The van der Waals surface area contributed by atoms with E-state index in [4.69, 9.17) is 4.74 Å². The van der Waals surface area contributed by atoms with Crippen molar-refractivity contribution in [2.24, 2.45) is 0 Å². The molecule has 1 aliphatic rings. The predicted molar refractivity (Wildman–Crippen MR) is 92.0 cm³/mol. The van der Waals surface area contributed by atoms with E-state index >= 15 is 0 Å². The summed E-state index contributed by atoms with van der Waals surface area (Å²) in [5.74, 6) is 1.59. The van der Waals surface area contributed by atoms with Gasteiger partial charge < -0.3 is 9.64 Å². The van der Waals surface area contributed by atoms with E-state index in [2.05, 4.69) is 19.8 Å². The monoisotopic (exact) mass is 348 g/mol. The molecule has 0 bridgehead atoms. The van der Waals surface area contributed by atoms with E-state index in [0.29, 0.717) is 11.3 Å². The maximum absolute atomic E-state index is 12.5. The topological polar surface area (TPSA) is 84.4 Å². The summed E-state index contributed by atoms with van der Waals surface area (Å²) < 4.78 is 32.6. The van der Waals surface area contributed by atoms with Crippen LogP contribution in [0.15, 0.2) is 35.2 Å². The first-order valence-electron chi connectivity index (χ1n) is 7.76. The number of hydrogen-bond donors (Lipinski definition) is 1. The third-order valence-corrected chi connectivity index (χ3v) is 5.51. The molecule has 3 rings (SSSR count). The van der Waals surface area contributed by atoms with Crippen molar-refractivity contribution < 1.29 is 13.2 Å². The van der Waals surface area contributed by atoms with Crippen LogP contribution in [-0.4, -0.2) is 38.8 Å². The van der Waals surface area contributed by atoms with Gasteiger partial charge in [-0.2, -0.15) is 0 Å². The molecule has 0 saturated carbocycles. The lowest BCUT2D eigenvalue weighted by Crippen LogP contribution is -2.20. The van der Waals surface area contributed by atoms with Crippen LogP contribution in [0.25, 0.3) is 0 Å². The lowest BCUT2D eigenvalue weighted by Gasteiger charge is -2.15. The zero-order chi connectivity index (χ0) is 17.2. The minimum absolute atomic E-state index is 0.189. The van der Waals surface area contributed by atoms with Crippen LogP contribution in [0.2, 0.25) is 0 Å². The summed E-state index contributed by atoms with van der Waals surface area (Å²) in [5, 5.41) is 8.11. The molecule has 2 heterocycles. The minimum atomic E-state index is -3.72. The third-order valence-electron chi connectivity index (χ3n) is 3.99. The maximum Gasteiger partial charge on any atom is 0.263 e. The summed E-state index contributed by atoms with van der Waals surface area (Å²) in [7, 11) is -2.18. The molecular weight excluding hydrogens is 328 g/mol.